The monoisotopic (exact) mass is 199 g/mol. The summed E-state index contributed by atoms with van der Waals surface area (Å²) in [7, 11) is 3.79. The van der Waals surface area contributed by atoms with E-state index in [-0.39, 0.29) is 5.78 Å². The zero-order valence-electron chi connectivity index (χ0n) is 8.92. The number of carbonyl (C=O) groups is 1. The van der Waals surface area contributed by atoms with Crippen LogP contribution in [0, 0.1) is 0 Å². The SMILES string of the molecule is CSC(C(=O)C=CN(C)C)=C(C)C. The Balaban J connectivity index is 4.51. The van der Waals surface area contributed by atoms with Gasteiger partial charge < -0.3 is 4.90 Å². The van der Waals surface area contributed by atoms with Gasteiger partial charge in [0.15, 0.2) is 5.78 Å². The minimum absolute atomic E-state index is 0.0844. The van der Waals surface area contributed by atoms with E-state index in [2.05, 4.69) is 0 Å². The fourth-order valence-corrected chi connectivity index (χ4v) is 1.52. The lowest BCUT2D eigenvalue weighted by Crippen LogP contribution is -2.04. The van der Waals surface area contributed by atoms with Crippen molar-refractivity contribution < 1.29 is 4.79 Å². The van der Waals surface area contributed by atoms with Crippen LogP contribution in [0.1, 0.15) is 13.8 Å². The van der Waals surface area contributed by atoms with Crippen LogP contribution in [-0.4, -0.2) is 31.0 Å². The van der Waals surface area contributed by atoms with E-state index in [9.17, 15) is 4.79 Å². The zero-order valence-corrected chi connectivity index (χ0v) is 9.73. The molecule has 0 fully saturated rings. The predicted molar refractivity (Wildman–Crippen MR) is 59.7 cm³/mol. The van der Waals surface area contributed by atoms with E-state index in [0.717, 1.165) is 10.5 Å². The molecule has 0 atom stereocenters. The number of thioether (sulfide) groups is 1. The maximum absolute atomic E-state index is 11.5. The molecular weight excluding hydrogens is 182 g/mol. The average molecular weight is 199 g/mol. The maximum Gasteiger partial charge on any atom is 0.193 e. The van der Waals surface area contributed by atoms with Crippen molar-refractivity contribution >= 4 is 17.5 Å². The van der Waals surface area contributed by atoms with Gasteiger partial charge in [-0.1, -0.05) is 5.57 Å². The molecule has 0 radical (unpaired) electrons. The fourth-order valence-electron chi connectivity index (χ4n) is 0.844. The van der Waals surface area contributed by atoms with Crippen molar-refractivity contribution in [2.24, 2.45) is 0 Å². The van der Waals surface area contributed by atoms with E-state index < -0.39 is 0 Å². The number of nitrogens with zero attached hydrogens (tertiary/aromatic N) is 1. The molecule has 0 amide bonds. The van der Waals surface area contributed by atoms with Crippen molar-refractivity contribution in [3.8, 4) is 0 Å². The standard InChI is InChI=1S/C10H17NOS/c1-8(2)10(13-5)9(12)6-7-11(3)4/h6-7H,1-5H3. The Morgan fingerprint density at radius 1 is 1.31 bits per heavy atom. The van der Waals surface area contributed by atoms with Gasteiger partial charge >= 0.3 is 0 Å². The van der Waals surface area contributed by atoms with Crippen LogP contribution < -0.4 is 0 Å². The third-order valence-corrected chi connectivity index (χ3v) is 2.42. The van der Waals surface area contributed by atoms with Crippen molar-refractivity contribution in [3.63, 3.8) is 0 Å². The molecule has 0 saturated heterocycles. The Hall–Kier alpha value is -0.700. The van der Waals surface area contributed by atoms with E-state index in [1.54, 1.807) is 12.3 Å². The van der Waals surface area contributed by atoms with Crippen LogP contribution in [0.2, 0.25) is 0 Å². The molecule has 0 unspecified atom stereocenters. The summed E-state index contributed by atoms with van der Waals surface area (Å²) in [6, 6.07) is 0. The number of hydrogen-bond donors (Lipinski definition) is 0. The van der Waals surface area contributed by atoms with Crippen molar-refractivity contribution in [2.75, 3.05) is 20.4 Å². The Kier molecular flexibility index (Phi) is 5.55. The Morgan fingerprint density at radius 3 is 2.15 bits per heavy atom. The van der Waals surface area contributed by atoms with Gasteiger partial charge in [0.05, 0.1) is 4.91 Å². The Labute approximate surface area is 84.7 Å². The minimum atomic E-state index is 0.0844. The lowest BCUT2D eigenvalue weighted by molar-refractivity contribution is -0.110. The quantitative estimate of drug-likeness (QED) is 0.648. The first-order valence-corrected chi connectivity index (χ1v) is 5.32. The van der Waals surface area contributed by atoms with Crippen LogP contribution in [0.15, 0.2) is 22.8 Å². The number of ketones is 1. The van der Waals surface area contributed by atoms with Crippen LogP contribution in [0.4, 0.5) is 0 Å². The van der Waals surface area contributed by atoms with Crippen LogP contribution in [0.5, 0.6) is 0 Å². The molecule has 13 heavy (non-hydrogen) atoms. The van der Waals surface area contributed by atoms with E-state index in [4.69, 9.17) is 0 Å². The Morgan fingerprint density at radius 2 is 1.85 bits per heavy atom. The Bertz CT molecular complexity index is 237. The molecule has 0 aliphatic rings. The highest BCUT2D eigenvalue weighted by atomic mass is 32.2. The van der Waals surface area contributed by atoms with Gasteiger partial charge in [0, 0.05) is 26.4 Å². The lowest BCUT2D eigenvalue weighted by atomic mass is 10.2. The van der Waals surface area contributed by atoms with Gasteiger partial charge in [-0.05, 0) is 20.1 Å². The summed E-state index contributed by atoms with van der Waals surface area (Å²) < 4.78 is 0. The maximum atomic E-state index is 11.5. The fraction of sp³-hybridized carbons (Fsp3) is 0.500. The average Bonchev–Trinajstić information content (AvgIpc) is 2.01. The second-order valence-corrected chi connectivity index (χ2v) is 3.99. The number of hydrogen-bond acceptors (Lipinski definition) is 3. The highest BCUT2D eigenvalue weighted by Crippen LogP contribution is 2.17. The number of allylic oxidation sites excluding steroid dienone is 3. The summed E-state index contributed by atoms with van der Waals surface area (Å²) >= 11 is 1.50. The van der Waals surface area contributed by atoms with Gasteiger partial charge in [-0.25, -0.2) is 0 Å². The van der Waals surface area contributed by atoms with Crippen molar-refractivity contribution in [1.82, 2.24) is 4.90 Å². The topological polar surface area (TPSA) is 20.3 Å². The summed E-state index contributed by atoms with van der Waals surface area (Å²) in [5.74, 6) is 0.0844. The van der Waals surface area contributed by atoms with Gasteiger partial charge in [0.1, 0.15) is 0 Å². The molecule has 0 aromatic carbocycles. The van der Waals surface area contributed by atoms with Crippen LogP contribution in [-0.2, 0) is 4.79 Å². The molecule has 0 N–H and O–H groups in total. The van der Waals surface area contributed by atoms with Crippen molar-refractivity contribution in [3.05, 3.63) is 22.8 Å². The molecular formula is C10H17NOS. The van der Waals surface area contributed by atoms with Crippen molar-refractivity contribution in [1.29, 1.82) is 0 Å². The summed E-state index contributed by atoms with van der Waals surface area (Å²) in [6.45, 7) is 3.90. The first-order valence-electron chi connectivity index (χ1n) is 4.09. The molecule has 74 valence electrons. The minimum Gasteiger partial charge on any atom is -0.383 e. The second kappa shape index (κ2) is 5.86. The molecule has 0 aromatic rings. The van der Waals surface area contributed by atoms with Gasteiger partial charge in [-0.2, -0.15) is 0 Å². The van der Waals surface area contributed by atoms with Crippen LogP contribution in [0.3, 0.4) is 0 Å². The van der Waals surface area contributed by atoms with E-state index >= 15 is 0 Å². The molecule has 0 rings (SSSR count). The van der Waals surface area contributed by atoms with E-state index in [0.29, 0.717) is 0 Å². The molecule has 0 aliphatic heterocycles. The molecule has 0 aliphatic carbocycles. The molecule has 0 heterocycles. The normalized spacial score (nSPS) is 10.2. The third kappa shape index (κ3) is 4.78. The van der Waals surface area contributed by atoms with Gasteiger partial charge in [-0.15, -0.1) is 11.8 Å². The van der Waals surface area contributed by atoms with E-state index in [1.807, 2.05) is 39.1 Å². The van der Waals surface area contributed by atoms with Gasteiger partial charge in [0.25, 0.3) is 0 Å². The van der Waals surface area contributed by atoms with Gasteiger partial charge in [-0.3, -0.25) is 4.79 Å². The largest absolute Gasteiger partial charge is 0.383 e. The number of rotatable bonds is 4. The summed E-state index contributed by atoms with van der Waals surface area (Å²) in [6.07, 6.45) is 5.28. The highest BCUT2D eigenvalue weighted by Gasteiger charge is 2.05. The summed E-state index contributed by atoms with van der Waals surface area (Å²) in [5, 5.41) is 0. The molecule has 3 heteroatoms. The molecule has 0 bridgehead atoms. The molecule has 0 spiro atoms. The predicted octanol–water partition coefficient (Wildman–Crippen LogP) is 2.29. The highest BCUT2D eigenvalue weighted by molar-refractivity contribution is 8.03. The van der Waals surface area contributed by atoms with Crippen LogP contribution in [0.25, 0.3) is 0 Å². The van der Waals surface area contributed by atoms with Crippen molar-refractivity contribution in [2.45, 2.75) is 13.8 Å². The summed E-state index contributed by atoms with van der Waals surface area (Å²) in [4.78, 5) is 14.2. The smallest absolute Gasteiger partial charge is 0.193 e. The van der Waals surface area contributed by atoms with E-state index in [1.165, 1.54) is 11.8 Å². The molecule has 0 aromatic heterocycles. The first-order chi connectivity index (χ1) is 5.99. The third-order valence-electron chi connectivity index (χ3n) is 1.41. The zero-order chi connectivity index (χ0) is 10.4. The molecule has 2 nitrogen and oxygen atoms in total. The lowest BCUT2D eigenvalue weighted by Gasteiger charge is -2.04. The second-order valence-electron chi connectivity index (χ2n) is 3.18. The first kappa shape index (κ1) is 12.3. The van der Waals surface area contributed by atoms with Gasteiger partial charge in [0.2, 0.25) is 0 Å². The van der Waals surface area contributed by atoms with Crippen LogP contribution >= 0.6 is 11.8 Å². The number of carbonyl (C=O) groups excluding carboxylic acids is 1. The summed E-state index contributed by atoms with van der Waals surface area (Å²) in [5.41, 5.74) is 1.07. The molecule has 0 saturated carbocycles.